The molecule has 0 unspecified atom stereocenters. The van der Waals surface area contributed by atoms with E-state index < -0.39 is 4.92 Å². The Labute approximate surface area is 134 Å². The first-order valence-electron chi connectivity index (χ1n) is 7.52. The molecule has 3 rings (SSSR count). The molecule has 120 valence electrons. The molecule has 1 aromatic rings. The summed E-state index contributed by atoms with van der Waals surface area (Å²) in [5.41, 5.74) is -0.0126. The van der Waals surface area contributed by atoms with Crippen LogP contribution in [0.3, 0.4) is 0 Å². The van der Waals surface area contributed by atoms with Crippen molar-refractivity contribution in [1.82, 2.24) is 9.88 Å². The Morgan fingerprint density at radius 3 is 2.91 bits per heavy atom. The number of halogens is 1. The van der Waals surface area contributed by atoms with E-state index in [9.17, 15) is 10.1 Å². The number of hydrogen-bond donors (Lipinski definition) is 0. The van der Waals surface area contributed by atoms with Gasteiger partial charge >= 0.3 is 5.69 Å². The SMILES string of the molecule is O=[N+]([O-])c1cc(Cl)cnc1N1CCC[C@@H]1CN1CCOCC1. The Balaban J connectivity index is 1.79. The number of rotatable bonds is 4. The molecule has 3 heterocycles. The minimum absolute atomic E-state index is 0.0126. The summed E-state index contributed by atoms with van der Waals surface area (Å²) >= 11 is 5.85. The second kappa shape index (κ2) is 6.76. The van der Waals surface area contributed by atoms with E-state index in [2.05, 4.69) is 14.8 Å². The molecule has 0 saturated carbocycles. The summed E-state index contributed by atoms with van der Waals surface area (Å²) in [7, 11) is 0. The van der Waals surface area contributed by atoms with Crippen LogP contribution in [0.5, 0.6) is 0 Å². The Morgan fingerprint density at radius 1 is 1.41 bits per heavy atom. The molecule has 0 aromatic carbocycles. The molecule has 2 fully saturated rings. The molecule has 0 amide bonds. The summed E-state index contributed by atoms with van der Waals surface area (Å²) in [4.78, 5) is 19.5. The summed E-state index contributed by atoms with van der Waals surface area (Å²) < 4.78 is 5.37. The van der Waals surface area contributed by atoms with Crippen LogP contribution in [0.1, 0.15) is 12.8 Å². The van der Waals surface area contributed by atoms with Crippen molar-refractivity contribution in [3.63, 3.8) is 0 Å². The first-order chi connectivity index (χ1) is 10.6. The minimum atomic E-state index is -0.404. The van der Waals surface area contributed by atoms with Crippen molar-refractivity contribution >= 4 is 23.1 Å². The van der Waals surface area contributed by atoms with Gasteiger partial charge < -0.3 is 9.64 Å². The van der Waals surface area contributed by atoms with Crippen molar-refractivity contribution in [1.29, 1.82) is 0 Å². The van der Waals surface area contributed by atoms with Crippen LogP contribution in [0.4, 0.5) is 11.5 Å². The van der Waals surface area contributed by atoms with Gasteiger partial charge in [0.1, 0.15) is 0 Å². The Morgan fingerprint density at radius 2 is 2.18 bits per heavy atom. The van der Waals surface area contributed by atoms with Crippen molar-refractivity contribution in [2.45, 2.75) is 18.9 Å². The van der Waals surface area contributed by atoms with Crippen LogP contribution in [0, 0.1) is 10.1 Å². The van der Waals surface area contributed by atoms with Crippen molar-refractivity contribution in [3.8, 4) is 0 Å². The molecule has 0 bridgehead atoms. The van der Waals surface area contributed by atoms with Crippen LogP contribution in [-0.4, -0.2) is 60.2 Å². The second-order valence-electron chi connectivity index (χ2n) is 5.66. The van der Waals surface area contributed by atoms with Gasteiger partial charge in [-0.1, -0.05) is 11.6 Å². The number of anilines is 1. The minimum Gasteiger partial charge on any atom is -0.379 e. The summed E-state index contributed by atoms with van der Waals surface area (Å²) in [5.74, 6) is 0.435. The average molecular weight is 327 g/mol. The van der Waals surface area contributed by atoms with E-state index >= 15 is 0 Å². The molecule has 2 saturated heterocycles. The van der Waals surface area contributed by atoms with Gasteiger partial charge in [0.25, 0.3) is 0 Å². The van der Waals surface area contributed by atoms with Crippen LogP contribution >= 0.6 is 11.6 Å². The zero-order valence-electron chi connectivity index (χ0n) is 12.3. The molecule has 0 aliphatic carbocycles. The maximum Gasteiger partial charge on any atom is 0.313 e. The van der Waals surface area contributed by atoms with Gasteiger partial charge in [-0.25, -0.2) is 4.98 Å². The highest BCUT2D eigenvalue weighted by Crippen LogP contribution is 2.33. The third-order valence-electron chi connectivity index (χ3n) is 4.23. The second-order valence-corrected chi connectivity index (χ2v) is 6.09. The van der Waals surface area contributed by atoms with E-state index in [1.165, 1.54) is 12.3 Å². The maximum absolute atomic E-state index is 11.3. The normalized spacial score (nSPS) is 23.0. The quantitative estimate of drug-likeness (QED) is 0.622. The molecule has 22 heavy (non-hydrogen) atoms. The highest BCUT2D eigenvalue weighted by Gasteiger charge is 2.32. The lowest BCUT2D eigenvalue weighted by atomic mass is 10.2. The third kappa shape index (κ3) is 3.31. The first-order valence-corrected chi connectivity index (χ1v) is 7.89. The number of aromatic nitrogens is 1. The fraction of sp³-hybridized carbons (Fsp3) is 0.643. The van der Waals surface area contributed by atoms with Crippen LogP contribution in [0.25, 0.3) is 0 Å². The van der Waals surface area contributed by atoms with E-state index in [4.69, 9.17) is 16.3 Å². The standard InChI is InChI=1S/C14H19ClN4O3/c15-11-8-13(19(20)21)14(16-9-11)18-3-1-2-12(18)10-17-4-6-22-7-5-17/h8-9,12H,1-7,10H2/t12-/m1/s1. The molecule has 0 spiro atoms. The van der Waals surface area contributed by atoms with E-state index in [0.29, 0.717) is 10.8 Å². The zero-order chi connectivity index (χ0) is 15.5. The first kappa shape index (κ1) is 15.5. The fourth-order valence-corrected chi connectivity index (χ4v) is 3.32. The molecular weight excluding hydrogens is 308 g/mol. The van der Waals surface area contributed by atoms with Crippen molar-refractivity contribution in [2.24, 2.45) is 0 Å². The average Bonchev–Trinajstić information content (AvgIpc) is 2.96. The van der Waals surface area contributed by atoms with E-state index in [0.717, 1.165) is 52.2 Å². The van der Waals surface area contributed by atoms with Gasteiger partial charge in [-0.15, -0.1) is 0 Å². The number of hydrogen-bond acceptors (Lipinski definition) is 6. The lowest BCUT2D eigenvalue weighted by Crippen LogP contribution is -2.45. The molecule has 8 heteroatoms. The van der Waals surface area contributed by atoms with Crippen LogP contribution in [0.2, 0.25) is 5.02 Å². The molecule has 0 N–H and O–H groups in total. The lowest BCUT2D eigenvalue weighted by Gasteiger charge is -2.33. The predicted molar refractivity (Wildman–Crippen MR) is 83.5 cm³/mol. The van der Waals surface area contributed by atoms with Crippen molar-refractivity contribution in [3.05, 3.63) is 27.4 Å². The van der Waals surface area contributed by atoms with Gasteiger partial charge in [-0.05, 0) is 12.8 Å². The number of nitrogens with zero attached hydrogens (tertiary/aromatic N) is 4. The van der Waals surface area contributed by atoms with E-state index in [1.54, 1.807) is 0 Å². The van der Waals surface area contributed by atoms with Gasteiger partial charge in [0.15, 0.2) is 0 Å². The van der Waals surface area contributed by atoms with Crippen LogP contribution in [-0.2, 0) is 4.74 Å². The summed E-state index contributed by atoms with van der Waals surface area (Å²) in [6.07, 6.45) is 3.53. The molecule has 2 aliphatic heterocycles. The molecule has 1 atom stereocenters. The number of pyridine rings is 1. The Kier molecular flexibility index (Phi) is 4.75. The Bertz CT molecular complexity index is 551. The largest absolute Gasteiger partial charge is 0.379 e. The molecular formula is C14H19ClN4O3. The summed E-state index contributed by atoms with van der Waals surface area (Å²) in [5, 5.41) is 11.6. The number of morpholine rings is 1. The number of ether oxygens (including phenoxy) is 1. The predicted octanol–water partition coefficient (Wildman–Crippen LogP) is 1.94. The topological polar surface area (TPSA) is 71.7 Å². The zero-order valence-corrected chi connectivity index (χ0v) is 13.0. The van der Waals surface area contributed by atoms with Gasteiger partial charge in [-0.3, -0.25) is 15.0 Å². The maximum atomic E-state index is 11.3. The molecule has 0 radical (unpaired) electrons. The van der Waals surface area contributed by atoms with Gasteiger partial charge in [0.2, 0.25) is 5.82 Å². The fourth-order valence-electron chi connectivity index (χ4n) is 3.16. The van der Waals surface area contributed by atoms with E-state index in [1.807, 2.05) is 0 Å². The van der Waals surface area contributed by atoms with Crippen LogP contribution < -0.4 is 4.90 Å². The van der Waals surface area contributed by atoms with Crippen LogP contribution in [0.15, 0.2) is 12.3 Å². The Hall–Kier alpha value is -1.44. The number of nitro groups is 1. The van der Waals surface area contributed by atoms with Crippen molar-refractivity contribution < 1.29 is 9.66 Å². The smallest absolute Gasteiger partial charge is 0.313 e. The van der Waals surface area contributed by atoms with Crippen molar-refractivity contribution in [2.75, 3.05) is 44.3 Å². The van der Waals surface area contributed by atoms with E-state index in [-0.39, 0.29) is 11.7 Å². The molecule has 2 aliphatic rings. The summed E-state index contributed by atoms with van der Waals surface area (Å²) in [6, 6.07) is 1.64. The van der Waals surface area contributed by atoms with Gasteiger partial charge in [0.05, 0.1) is 23.2 Å². The van der Waals surface area contributed by atoms with Gasteiger partial charge in [-0.2, -0.15) is 0 Å². The lowest BCUT2D eigenvalue weighted by molar-refractivity contribution is -0.384. The highest BCUT2D eigenvalue weighted by molar-refractivity contribution is 6.30. The highest BCUT2D eigenvalue weighted by atomic mass is 35.5. The molecule has 7 nitrogen and oxygen atoms in total. The van der Waals surface area contributed by atoms with Gasteiger partial charge in [0, 0.05) is 44.5 Å². The third-order valence-corrected chi connectivity index (χ3v) is 4.44. The summed E-state index contributed by atoms with van der Waals surface area (Å²) in [6.45, 7) is 5.04. The molecule has 1 aromatic heterocycles. The monoisotopic (exact) mass is 326 g/mol.